The Labute approximate surface area is 164 Å². The molecule has 2 aromatic carbocycles. The largest absolute Gasteiger partial charge is 0.426 e. The molecule has 2 aromatic rings. The number of fused-ring (bicyclic) bond motifs is 5. The number of benzene rings is 2. The van der Waals surface area contributed by atoms with Gasteiger partial charge in [0.15, 0.2) is 0 Å². The zero-order valence-corrected chi connectivity index (χ0v) is 15.7. The molecule has 4 heteroatoms. The first kappa shape index (κ1) is 17.5. The maximum atomic E-state index is 13.1. The van der Waals surface area contributed by atoms with Crippen LogP contribution in [0.15, 0.2) is 60.7 Å². The molecule has 0 radical (unpaired) electrons. The third-order valence-electron chi connectivity index (χ3n) is 7.05. The number of hydrogen-bond acceptors (Lipinski definition) is 4. The van der Waals surface area contributed by atoms with Gasteiger partial charge in [0.05, 0.1) is 11.8 Å². The van der Waals surface area contributed by atoms with Gasteiger partial charge in [-0.25, -0.2) is 0 Å². The molecule has 3 fully saturated rings. The highest BCUT2D eigenvalue weighted by molar-refractivity contribution is 5.86. The molecule has 3 aliphatic rings. The number of carbonyl (C=O) groups excluding carboxylic acids is 2. The second-order valence-corrected chi connectivity index (χ2v) is 8.34. The van der Waals surface area contributed by atoms with Gasteiger partial charge in [0.1, 0.15) is 11.5 Å². The van der Waals surface area contributed by atoms with Crippen LogP contribution in [0, 0.1) is 35.5 Å². The van der Waals surface area contributed by atoms with Gasteiger partial charge in [-0.3, -0.25) is 9.59 Å². The van der Waals surface area contributed by atoms with Crippen molar-refractivity contribution in [2.45, 2.75) is 25.7 Å². The van der Waals surface area contributed by atoms with Gasteiger partial charge in [0.2, 0.25) is 0 Å². The lowest BCUT2D eigenvalue weighted by Crippen LogP contribution is -2.43. The molecule has 3 aliphatic carbocycles. The van der Waals surface area contributed by atoms with E-state index in [1.165, 1.54) is 19.3 Å². The molecule has 3 saturated carbocycles. The van der Waals surface area contributed by atoms with E-state index in [4.69, 9.17) is 9.47 Å². The molecule has 2 bridgehead atoms. The summed E-state index contributed by atoms with van der Waals surface area (Å²) >= 11 is 0. The standard InChI is InChI=1S/C24H24O4/c25-23(27-15-8-3-1-4-9-15)21-19-14-20(18-13-7-12-17(18)19)22(21)24(26)28-16-10-5-2-6-11-16/h1-6,8-11,17-22H,7,12-14H2. The third kappa shape index (κ3) is 2.92. The predicted molar refractivity (Wildman–Crippen MR) is 104 cm³/mol. The van der Waals surface area contributed by atoms with Crippen LogP contribution in [0.2, 0.25) is 0 Å². The molecule has 0 aliphatic heterocycles. The van der Waals surface area contributed by atoms with Crippen molar-refractivity contribution in [2.24, 2.45) is 35.5 Å². The van der Waals surface area contributed by atoms with Gasteiger partial charge in [0.25, 0.3) is 0 Å². The van der Waals surface area contributed by atoms with Crippen LogP contribution in [0.3, 0.4) is 0 Å². The number of hydrogen-bond donors (Lipinski definition) is 0. The van der Waals surface area contributed by atoms with Crippen molar-refractivity contribution in [3.8, 4) is 11.5 Å². The molecule has 4 nitrogen and oxygen atoms in total. The number of rotatable bonds is 4. The van der Waals surface area contributed by atoms with Gasteiger partial charge in [-0.15, -0.1) is 0 Å². The second kappa shape index (κ2) is 7.08. The molecular weight excluding hydrogens is 352 g/mol. The normalized spacial score (nSPS) is 32.7. The quantitative estimate of drug-likeness (QED) is 0.582. The summed E-state index contributed by atoms with van der Waals surface area (Å²) in [7, 11) is 0. The van der Waals surface area contributed by atoms with E-state index in [-0.39, 0.29) is 23.8 Å². The fourth-order valence-electron chi connectivity index (χ4n) is 6.09. The monoisotopic (exact) mass is 376 g/mol. The van der Waals surface area contributed by atoms with Crippen LogP contribution in [0.1, 0.15) is 25.7 Å². The molecular formula is C24H24O4. The van der Waals surface area contributed by atoms with Crippen molar-refractivity contribution < 1.29 is 19.1 Å². The van der Waals surface area contributed by atoms with Crippen LogP contribution >= 0.6 is 0 Å². The minimum absolute atomic E-state index is 0.238. The Balaban J connectivity index is 1.41. The van der Waals surface area contributed by atoms with Crippen molar-refractivity contribution in [1.29, 1.82) is 0 Å². The summed E-state index contributed by atoms with van der Waals surface area (Å²) in [5.74, 6) is 1.30. The second-order valence-electron chi connectivity index (χ2n) is 8.34. The van der Waals surface area contributed by atoms with E-state index in [0.717, 1.165) is 6.42 Å². The number of para-hydroxylation sites is 2. The van der Waals surface area contributed by atoms with Gasteiger partial charge in [-0.1, -0.05) is 42.8 Å². The van der Waals surface area contributed by atoms with Crippen molar-refractivity contribution in [2.75, 3.05) is 0 Å². The van der Waals surface area contributed by atoms with Crippen LogP contribution in [-0.2, 0) is 9.59 Å². The fourth-order valence-corrected chi connectivity index (χ4v) is 6.09. The summed E-state index contributed by atoms with van der Waals surface area (Å²) in [6.45, 7) is 0. The Morgan fingerprint density at radius 3 is 1.50 bits per heavy atom. The van der Waals surface area contributed by atoms with Gasteiger partial charge in [-0.2, -0.15) is 0 Å². The first-order valence-electron chi connectivity index (χ1n) is 10.3. The molecule has 0 spiro atoms. The highest BCUT2D eigenvalue weighted by Crippen LogP contribution is 2.63. The number of esters is 2. The van der Waals surface area contributed by atoms with Gasteiger partial charge < -0.3 is 9.47 Å². The number of carbonyl (C=O) groups is 2. The maximum absolute atomic E-state index is 13.1. The Morgan fingerprint density at radius 1 is 0.643 bits per heavy atom. The average Bonchev–Trinajstić information content (AvgIpc) is 3.41. The smallest absolute Gasteiger partial charge is 0.315 e. The molecule has 0 aromatic heterocycles. The Hall–Kier alpha value is -2.62. The van der Waals surface area contributed by atoms with Crippen molar-refractivity contribution in [3.63, 3.8) is 0 Å². The molecule has 144 valence electrons. The summed E-state index contributed by atoms with van der Waals surface area (Å²) in [4.78, 5) is 26.3. The minimum Gasteiger partial charge on any atom is -0.426 e. The molecule has 6 atom stereocenters. The summed E-state index contributed by atoms with van der Waals surface area (Å²) in [5.41, 5.74) is 0. The van der Waals surface area contributed by atoms with E-state index in [0.29, 0.717) is 23.3 Å². The minimum atomic E-state index is -0.402. The summed E-state index contributed by atoms with van der Waals surface area (Å²) in [5, 5.41) is 0. The van der Waals surface area contributed by atoms with E-state index >= 15 is 0 Å². The van der Waals surface area contributed by atoms with E-state index in [1.54, 1.807) is 24.3 Å². The van der Waals surface area contributed by atoms with Crippen LogP contribution in [0.25, 0.3) is 0 Å². The fraction of sp³-hybridized carbons (Fsp3) is 0.417. The summed E-state index contributed by atoms with van der Waals surface area (Å²) in [6.07, 6.45) is 4.48. The SMILES string of the molecule is O=C(Oc1ccccc1)C1C2CC(C3CCCC32)C1C(=O)Oc1ccccc1. The first-order valence-corrected chi connectivity index (χ1v) is 10.3. The predicted octanol–water partition coefficient (Wildman–Crippen LogP) is 4.50. The summed E-state index contributed by atoms with van der Waals surface area (Å²) < 4.78 is 11.4. The highest BCUT2D eigenvalue weighted by Gasteiger charge is 2.64. The summed E-state index contributed by atoms with van der Waals surface area (Å²) in [6, 6.07) is 18.3. The van der Waals surface area contributed by atoms with Crippen LogP contribution < -0.4 is 9.47 Å². The third-order valence-corrected chi connectivity index (χ3v) is 7.05. The van der Waals surface area contributed by atoms with Gasteiger partial charge in [0, 0.05) is 0 Å². The van der Waals surface area contributed by atoms with E-state index in [2.05, 4.69) is 0 Å². The molecule has 6 unspecified atom stereocenters. The molecule has 5 rings (SSSR count). The molecule has 28 heavy (non-hydrogen) atoms. The number of ether oxygens (including phenoxy) is 2. The van der Waals surface area contributed by atoms with Crippen LogP contribution in [-0.4, -0.2) is 11.9 Å². The van der Waals surface area contributed by atoms with Gasteiger partial charge >= 0.3 is 11.9 Å². The Bertz CT molecular complexity index is 791. The Kier molecular flexibility index (Phi) is 4.42. The highest BCUT2D eigenvalue weighted by atomic mass is 16.5. The maximum Gasteiger partial charge on any atom is 0.315 e. The Morgan fingerprint density at radius 2 is 1.07 bits per heavy atom. The van der Waals surface area contributed by atoms with Crippen LogP contribution in [0.4, 0.5) is 0 Å². The topological polar surface area (TPSA) is 52.6 Å². The van der Waals surface area contributed by atoms with Gasteiger partial charge in [-0.05, 0) is 67.2 Å². The zero-order valence-electron chi connectivity index (χ0n) is 15.7. The molecule has 0 heterocycles. The lowest BCUT2D eigenvalue weighted by molar-refractivity contribution is -0.155. The van der Waals surface area contributed by atoms with Crippen molar-refractivity contribution in [3.05, 3.63) is 60.7 Å². The van der Waals surface area contributed by atoms with E-state index < -0.39 is 11.8 Å². The van der Waals surface area contributed by atoms with Crippen LogP contribution in [0.5, 0.6) is 11.5 Å². The van der Waals surface area contributed by atoms with E-state index in [9.17, 15) is 9.59 Å². The molecule has 0 amide bonds. The lowest BCUT2D eigenvalue weighted by Gasteiger charge is -2.35. The lowest BCUT2D eigenvalue weighted by atomic mass is 9.69. The van der Waals surface area contributed by atoms with E-state index in [1.807, 2.05) is 36.4 Å². The zero-order chi connectivity index (χ0) is 19.1. The van der Waals surface area contributed by atoms with Crippen molar-refractivity contribution in [1.82, 2.24) is 0 Å². The average molecular weight is 376 g/mol. The molecule has 0 N–H and O–H groups in total. The van der Waals surface area contributed by atoms with Crippen molar-refractivity contribution >= 4 is 11.9 Å². The molecule has 0 saturated heterocycles. The first-order chi connectivity index (χ1) is 13.7.